The summed E-state index contributed by atoms with van der Waals surface area (Å²) in [6.45, 7) is 0. The highest BCUT2D eigenvalue weighted by molar-refractivity contribution is 9.10. The first-order valence-corrected chi connectivity index (χ1v) is 9.86. The monoisotopic (exact) mass is 408 g/mol. The zero-order valence-corrected chi connectivity index (χ0v) is 16.3. The van der Waals surface area contributed by atoms with Crippen LogP contribution in [0, 0.1) is 0 Å². The third-order valence-electron chi connectivity index (χ3n) is 5.12. The van der Waals surface area contributed by atoms with Crippen LogP contribution in [0.1, 0.15) is 0 Å². The Morgan fingerprint density at radius 3 is 1.93 bits per heavy atom. The van der Waals surface area contributed by atoms with Crippen LogP contribution in [0.2, 0.25) is 0 Å². The quantitative estimate of drug-likeness (QED) is 0.259. The van der Waals surface area contributed by atoms with Gasteiger partial charge in [0.2, 0.25) is 0 Å². The van der Waals surface area contributed by atoms with Gasteiger partial charge in [0.15, 0.2) is 0 Å². The van der Waals surface area contributed by atoms with Crippen molar-refractivity contribution in [2.45, 2.75) is 0 Å². The predicted molar refractivity (Wildman–Crippen MR) is 120 cm³/mol. The molecule has 0 radical (unpaired) electrons. The van der Waals surface area contributed by atoms with E-state index in [-0.39, 0.29) is 0 Å². The number of benzene rings is 5. The molecule has 0 aliphatic carbocycles. The molecular weight excluding hydrogens is 392 g/mol. The van der Waals surface area contributed by atoms with Gasteiger partial charge < -0.3 is 0 Å². The number of fused-ring (bicyclic) bond motifs is 3. The van der Waals surface area contributed by atoms with Gasteiger partial charge in [-0.25, -0.2) is 0 Å². The van der Waals surface area contributed by atoms with Gasteiger partial charge in [0.05, 0.1) is 0 Å². The third-order valence-corrected chi connectivity index (χ3v) is 5.65. The number of halogens is 1. The van der Waals surface area contributed by atoms with E-state index in [1.54, 1.807) is 0 Å². The maximum absolute atomic E-state index is 3.52. The van der Waals surface area contributed by atoms with Gasteiger partial charge in [0.25, 0.3) is 0 Å². The molecule has 0 unspecified atom stereocenters. The van der Waals surface area contributed by atoms with Crippen molar-refractivity contribution in [2.75, 3.05) is 0 Å². The van der Waals surface area contributed by atoms with Gasteiger partial charge in [0.1, 0.15) is 0 Å². The van der Waals surface area contributed by atoms with Crippen molar-refractivity contribution >= 4 is 37.5 Å². The third kappa shape index (κ3) is 2.94. The predicted octanol–water partition coefficient (Wildman–Crippen LogP) is 8.09. The fourth-order valence-corrected chi connectivity index (χ4v) is 4.07. The van der Waals surface area contributed by atoms with Crippen LogP contribution in [0.25, 0.3) is 43.8 Å². The maximum atomic E-state index is 3.52. The van der Waals surface area contributed by atoms with Gasteiger partial charge >= 0.3 is 0 Å². The first-order valence-electron chi connectivity index (χ1n) is 9.06. The van der Waals surface area contributed by atoms with E-state index < -0.39 is 0 Å². The minimum Gasteiger partial charge on any atom is -0.0616 e. The topological polar surface area (TPSA) is 0 Å². The Morgan fingerprint density at radius 1 is 0.444 bits per heavy atom. The zero-order valence-electron chi connectivity index (χ0n) is 14.7. The fraction of sp³-hybridized carbons (Fsp3) is 0. The van der Waals surface area contributed by atoms with E-state index >= 15 is 0 Å². The van der Waals surface area contributed by atoms with Gasteiger partial charge in [0, 0.05) is 4.47 Å². The molecule has 0 aliphatic rings. The largest absolute Gasteiger partial charge is 0.0616 e. The van der Waals surface area contributed by atoms with Crippen LogP contribution >= 0.6 is 15.9 Å². The van der Waals surface area contributed by atoms with E-state index in [1.165, 1.54) is 43.8 Å². The van der Waals surface area contributed by atoms with Crippen LogP contribution in [-0.4, -0.2) is 0 Å². The number of hydrogen-bond donors (Lipinski definition) is 0. The molecule has 1 heteroatoms. The van der Waals surface area contributed by atoms with Crippen LogP contribution in [-0.2, 0) is 0 Å². The second-order valence-electron chi connectivity index (χ2n) is 6.78. The van der Waals surface area contributed by atoms with Gasteiger partial charge in [-0.2, -0.15) is 0 Å². The number of rotatable bonds is 2. The Kier molecular flexibility index (Phi) is 4.03. The highest BCUT2D eigenvalue weighted by Gasteiger charge is 2.09. The van der Waals surface area contributed by atoms with Crippen molar-refractivity contribution in [3.63, 3.8) is 0 Å². The molecule has 0 fully saturated rings. The van der Waals surface area contributed by atoms with Crippen LogP contribution in [0.15, 0.2) is 108 Å². The van der Waals surface area contributed by atoms with Gasteiger partial charge in [-0.3, -0.25) is 0 Å². The molecule has 5 rings (SSSR count). The Hall–Kier alpha value is -2.90. The standard InChI is InChI=1S/C26H17Br/c27-22-14-12-18(13-15-22)19-7-5-8-20(16-19)26-17-21-6-1-2-9-23(21)24-10-3-4-11-25(24)26/h1-17H. The lowest BCUT2D eigenvalue weighted by atomic mass is 9.92. The maximum Gasteiger partial charge on any atom is 0.0175 e. The van der Waals surface area contributed by atoms with Crippen molar-refractivity contribution in [3.05, 3.63) is 108 Å². The van der Waals surface area contributed by atoms with E-state index in [2.05, 4.69) is 119 Å². The van der Waals surface area contributed by atoms with Crippen molar-refractivity contribution in [3.8, 4) is 22.3 Å². The zero-order chi connectivity index (χ0) is 18.2. The minimum absolute atomic E-state index is 1.10. The summed E-state index contributed by atoms with van der Waals surface area (Å²) in [5, 5.41) is 5.19. The van der Waals surface area contributed by atoms with Crippen molar-refractivity contribution in [1.82, 2.24) is 0 Å². The van der Waals surface area contributed by atoms with Crippen LogP contribution < -0.4 is 0 Å². The van der Waals surface area contributed by atoms with Gasteiger partial charge in [-0.15, -0.1) is 0 Å². The summed E-state index contributed by atoms with van der Waals surface area (Å²) in [5.41, 5.74) is 4.99. The molecule has 5 aromatic rings. The lowest BCUT2D eigenvalue weighted by Crippen LogP contribution is -1.86. The highest BCUT2D eigenvalue weighted by Crippen LogP contribution is 2.36. The van der Waals surface area contributed by atoms with Crippen LogP contribution in [0.5, 0.6) is 0 Å². The molecule has 27 heavy (non-hydrogen) atoms. The molecule has 0 heterocycles. The molecule has 0 nitrogen and oxygen atoms in total. The van der Waals surface area contributed by atoms with Gasteiger partial charge in [-0.05, 0) is 68.1 Å². The molecule has 0 saturated carbocycles. The lowest BCUT2D eigenvalue weighted by molar-refractivity contribution is 1.59. The first kappa shape index (κ1) is 16.3. The summed E-state index contributed by atoms with van der Waals surface area (Å²) in [6.07, 6.45) is 0. The Balaban J connectivity index is 1.76. The molecule has 128 valence electrons. The van der Waals surface area contributed by atoms with Crippen molar-refractivity contribution in [2.24, 2.45) is 0 Å². The first-order chi connectivity index (χ1) is 13.3. The lowest BCUT2D eigenvalue weighted by Gasteiger charge is -2.12. The summed E-state index contributed by atoms with van der Waals surface area (Å²) in [4.78, 5) is 0. The van der Waals surface area contributed by atoms with E-state index in [4.69, 9.17) is 0 Å². The van der Waals surface area contributed by atoms with Crippen LogP contribution in [0.4, 0.5) is 0 Å². The van der Waals surface area contributed by atoms with E-state index in [0.717, 1.165) is 4.47 Å². The second-order valence-corrected chi connectivity index (χ2v) is 7.69. The Labute approximate surface area is 167 Å². The van der Waals surface area contributed by atoms with E-state index in [0.29, 0.717) is 0 Å². The average molecular weight is 409 g/mol. The summed E-state index contributed by atoms with van der Waals surface area (Å²) in [7, 11) is 0. The summed E-state index contributed by atoms with van der Waals surface area (Å²) >= 11 is 3.52. The Morgan fingerprint density at radius 2 is 1.11 bits per heavy atom. The Bertz CT molecular complexity index is 1270. The molecule has 0 aliphatic heterocycles. The summed E-state index contributed by atoms with van der Waals surface area (Å²) in [6, 6.07) is 37.0. The molecule has 0 N–H and O–H groups in total. The molecule has 0 amide bonds. The molecule has 5 aromatic carbocycles. The van der Waals surface area contributed by atoms with E-state index in [9.17, 15) is 0 Å². The molecule has 0 atom stereocenters. The molecule has 0 bridgehead atoms. The second kappa shape index (κ2) is 6.68. The van der Waals surface area contributed by atoms with Gasteiger partial charge in [-0.1, -0.05) is 94.8 Å². The molecule has 0 saturated heterocycles. The fourth-order valence-electron chi connectivity index (χ4n) is 3.80. The van der Waals surface area contributed by atoms with Crippen molar-refractivity contribution < 1.29 is 0 Å². The minimum atomic E-state index is 1.10. The molecule has 0 spiro atoms. The van der Waals surface area contributed by atoms with Crippen LogP contribution in [0.3, 0.4) is 0 Å². The van der Waals surface area contributed by atoms with Crippen molar-refractivity contribution in [1.29, 1.82) is 0 Å². The molecular formula is C26H17Br. The normalized spacial score (nSPS) is 11.1. The SMILES string of the molecule is Brc1ccc(-c2cccc(-c3cc4ccccc4c4ccccc34)c2)cc1. The molecule has 0 aromatic heterocycles. The smallest absolute Gasteiger partial charge is 0.0175 e. The van der Waals surface area contributed by atoms with E-state index in [1.807, 2.05) is 0 Å². The summed E-state index contributed by atoms with van der Waals surface area (Å²) in [5.74, 6) is 0. The average Bonchev–Trinajstić information content (AvgIpc) is 2.74. The summed E-state index contributed by atoms with van der Waals surface area (Å²) < 4.78 is 1.10. The highest BCUT2D eigenvalue weighted by atomic mass is 79.9. The number of hydrogen-bond acceptors (Lipinski definition) is 0.